The summed E-state index contributed by atoms with van der Waals surface area (Å²) in [5.41, 5.74) is 2.30. The third-order valence-electron chi connectivity index (χ3n) is 7.27. The van der Waals surface area contributed by atoms with E-state index in [4.69, 9.17) is 9.90 Å². The van der Waals surface area contributed by atoms with Gasteiger partial charge in [-0.15, -0.1) is 11.3 Å². The van der Waals surface area contributed by atoms with E-state index >= 15 is 0 Å². The number of hydrogen-bond acceptors (Lipinski definition) is 7. The minimum Gasteiger partial charge on any atom is -0.475 e. The first-order valence-corrected chi connectivity index (χ1v) is 15.1. The molecule has 0 spiro atoms. The minimum atomic E-state index is -5.08. The zero-order valence-corrected chi connectivity index (χ0v) is 23.9. The number of alkyl halides is 3. The molecule has 1 unspecified atom stereocenters. The average molecular weight is 615 g/mol. The monoisotopic (exact) mass is 614 g/mol. The van der Waals surface area contributed by atoms with Crippen LogP contribution in [0.1, 0.15) is 23.3 Å². The standard InChI is InChI=1S/C25H29FN4O2S2.C2HF3O2/c1-17-21(13-24(33-17)34(31,32)28-23-10-6-9-22(26)27-23)29(2)25-19-11-12-20(25)16-30(15-19)14-18-7-4-3-5-8-18;3-2(4,5)1(6)7/h3-10,13,19-20,25H,11-12,14-16H2,1-2H3,(H,27,28);(H,6,7)/t19-,20+,25?;. The fourth-order valence-electron chi connectivity index (χ4n) is 5.64. The number of benzene rings is 1. The van der Waals surface area contributed by atoms with Crippen molar-refractivity contribution in [3.05, 3.63) is 71.0 Å². The number of thiophene rings is 1. The fourth-order valence-corrected chi connectivity index (χ4v) is 8.11. The molecule has 3 heterocycles. The van der Waals surface area contributed by atoms with E-state index in [1.807, 2.05) is 6.92 Å². The van der Waals surface area contributed by atoms with E-state index in [0.29, 0.717) is 17.9 Å². The van der Waals surface area contributed by atoms with Crippen LogP contribution < -0.4 is 9.62 Å². The number of carboxylic acid groups (broad SMARTS) is 1. The molecule has 1 saturated heterocycles. The summed E-state index contributed by atoms with van der Waals surface area (Å²) in [6, 6.07) is 16.8. The number of fused-ring (bicyclic) bond motifs is 2. The van der Waals surface area contributed by atoms with Crippen LogP contribution in [0.25, 0.3) is 0 Å². The van der Waals surface area contributed by atoms with Gasteiger partial charge in [0, 0.05) is 37.6 Å². The Bertz CT molecular complexity index is 1450. The van der Waals surface area contributed by atoms with Gasteiger partial charge >= 0.3 is 12.1 Å². The highest BCUT2D eigenvalue weighted by Crippen LogP contribution is 2.43. The number of hydrogen-bond donors (Lipinski definition) is 2. The van der Waals surface area contributed by atoms with Gasteiger partial charge in [0.2, 0.25) is 5.95 Å². The van der Waals surface area contributed by atoms with Gasteiger partial charge < -0.3 is 10.0 Å². The lowest BCUT2D eigenvalue weighted by Gasteiger charge is -2.43. The van der Waals surface area contributed by atoms with Crippen LogP contribution in [-0.2, 0) is 21.4 Å². The Kier molecular flexibility index (Phi) is 9.24. The van der Waals surface area contributed by atoms with Crippen molar-refractivity contribution in [3.63, 3.8) is 0 Å². The predicted molar refractivity (Wildman–Crippen MR) is 148 cm³/mol. The Morgan fingerprint density at radius 1 is 1.12 bits per heavy atom. The summed E-state index contributed by atoms with van der Waals surface area (Å²) in [6.07, 6.45) is -2.68. The van der Waals surface area contributed by atoms with Gasteiger partial charge in [0.25, 0.3) is 10.0 Å². The molecule has 1 saturated carbocycles. The van der Waals surface area contributed by atoms with Crippen LogP contribution in [0, 0.1) is 24.7 Å². The number of sulfonamides is 1. The molecule has 2 aromatic heterocycles. The van der Waals surface area contributed by atoms with Gasteiger partial charge in [-0.25, -0.2) is 18.2 Å². The lowest BCUT2D eigenvalue weighted by Crippen LogP contribution is -2.51. The second-order valence-corrected chi connectivity index (χ2v) is 13.3. The Labute approximate surface area is 239 Å². The zero-order chi connectivity index (χ0) is 29.9. The Morgan fingerprint density at radius 2 is 1.73 bits per heavy atom. The summed E-state index contributed by atoms with van der Waals surface area (Å²) in [5.74, 6) is -2.39. The predicted octanol–water partition coefficient (Wildman–Crippen LogP) is 5.37. The molecule has 1 aromatic carbocycles. The van der Waals surface area contributed by atoms with Crippen molar-refractivity contribution < 1.29 is 35.9 Å². The van der Waals surface area contributed by atoms with E-state index in [-0.39, 0.29) is 10.0 Å². The van der Waals surface area contributed by atoms with Gasteiger partial charge in [0.15, 0.2) is 0 Å². The molecule has 2 N–H and O–H groups in total. The lowest BCUT2D eigenvalue weighted by atomic mass is 9.90. The third kappa shape index (κ3) is 7.54. The molecule has 41 heavy (non-hydrogen) atoms. The maximum absolute atomic E-state index is 13.4. The highest BCUT2D eigenvalue weighted by Gasteiger charge is 2.44. The minimum absolute atomic E-state index is 0.0233. The second-order valence-electron chi connectivity index (χ2n) is 10.1. The normalized spacial score (nSPS) is 20.7. The summed E-state index contributed by atoms with van der Waals surface area (Å²) in [4.78, 5) is 18.3. The van der Waals surface area contributed by atoms with Gasteiger partial charge in [-0.05, 0) is 55.4 Å². The van der Waals surface area contributed by atoms with Gasteiger partial charge in [0.05, 0.1) is 5.69 Å². The van der Waals surface area contributed by atoms with Crippen LogP contribution in [0.5, 0.6) is 0 Å². The molecule has 1 aliphatic heterocycles. The van der Waals surface area contributed by atoms with E-state index in [2.05, 4.69) is 56.9 Å². The van der Waals surface area contributed by atoms with Crippen LogP contribution in [0.2, 0.25) is 0 Å². The van der Waals surface area contributed by atoms with Gasteiger partial charge in [0.1, 0.15) is 10.0 Å². The first-order valence-electron chi connectivity index (χ1n) is 12.8. The van der Waals surface area contributed by atoms with Gasteiger partial charge in [-0.1, -0.05) is 36.4 Å². The molecule has 14 heteroatoms. The van der Waals surface area contributed by atoms with E-state index in [1.165, 1.54) is 47.9 Å². The molecule has 5 rings (SSSR count). The van der Waals surface area contributed by atoms with Crippen LogP contribution in [0.15, 0.2) is 58.8 Å². The molecule has 222 valence electrons. The topological polar surface area (TPSA) is 103 Å². The summed E-state index contributed by atoms with van der Waals surface area (Å²) >= 11 is 1.24. The maximum atomic E-state index is 13.4. The van der Waals surface area contributed by atoms with Gasteiger partial charge in [-0.2, -0.15) is 17.6 Å². The number of aromatic nitrogens is 1. The Hall–Kier alpha value is -3.23. The van der Waals surface area contributed by atoms with Crippen LogP contribution in [-0.4, -0.2) is 61.7 Å². The quantitative estimate of drug-likeness (QED) is 0.273. The molecule has 3 atom stereocenters. The summed E-state index contributed by atoms with van der Waals surface area (Å²) in [5, 5.41) is 7.12. The highest BCUT2D eigenvalue weighted by molar-refractivity contribution is 7.94. The zero-order valence-electron chi connectivity index (χ0n) is 22.3. The molecule has 2 aliphatic rings. The number of rotatable bonds is 7. The molecule has 1 aliphatic carbocycles. The molecular weight excluding hydrogens is 584 g/mol. The van der Waals surface area contributed by atoms with Crippen molar-refractivity contribution in [2.24, 2.45) is 11.8 Å². The number of carbonyl (C=O) groups is 1. The Morgan fingerprint density at radius 3 is 2.29 bits per heavy atom. The molecule has 3 aromatic rings. The SMILES string of the molecule is Cc1sc(S(=O)(=O)Nc2cccc(F)n2)cc1N(C)C1[C@@H]2CC[C@H]1CN(Cc1ccccc1)C2.O=C(O)C(F)(F)F. The van der Waals surface area contributed by atoms with Crippen molar-refractivity contribution in [2.75, 3.05) is 29.8 Å². The van der Waals surface area contributed by atoms with Gasteiger partial charge in [-0.3, -0.25) is 9.62 Å². The number of halogens is 4. The lowest BCUT2D eigenvalue weighted by molar-refractivity contribution is -0.192. The molecule has 8 nitrogen and oxygen atoms in total. The largest absolute Gasteiger partial charge is 0.490 e. The van der Waals surface area contributed by atoms with E-state index < -0.39 is 28.1 Å². The van der Waals surface area contributed by atoms with Crippen LogP contribution in [0.3, 0.4) is 0 Å². The second kappa shape index (κ2) is 12.3. The smallest absolute Gasteiger partial charge is 0.475 e. The molecule has 0 radical (unpaired) electrons. The van der Waals surface area contributed by atoms with Crippen molar-refractivity contribution in [1.82, 2.24) is 9.88 Å². The Balaban J connectivity index is 0.000000493. The summed E-state index contributed by atoms with van der Waals surface area (Å²) < 4.78 is 73.6. The highest BCUT2D eigenvalue weighted by atomic mass is 32.2. The number of aryl methyl sites for hydroxylation is 1. The molecule has 2 bridgehead atoms. The number of nitrogens with zero attached hydrogens (tertiary/aromatic N) is 3. The van der Waals surface area contributed by atoms with Crippen molar-refractivity contribution >= 4 is 38.8 Å². The van der Waals surface area contributed by atoms with Crippen molar-refractivity contribution in [3.8, 4) is 0 Å². The summed E-state index contributed by atoms with van der Waals surface area (Å²) in [6.45, 7) is 5.05. The van der Waals surface area contributed by atoms with Crippen LogP contribution in [0.4, 0.5) is 29.1 Å². The molecular formula is C27H30F4N4O4S2. The van der Waals surface area contributed by atoms with E-state index in [1.54, 1.807) is 6.07 Å². The number of anilines is 2. The molecule has 2 fully saturated rings. The van der Waals surface area contributed by atoms with Crippen molar-refractivity contribution in [1.29, 1.82) is 0 Å². The van der Waals surface area contributed by atoms with E-state index in [9.17, 15) is 26.0 Å². The van der Waals surface area contributed by atoms with Crippen molar-refractivity contribution in [2.45, 2.75) is 42.7 Å². The summed E-state index contributed by atoms with van der Waals surface area (Å²) in [7, 11) is -1.75. The first kappa shape index (κ1) is 30.7. The number of piperidine rings is 1. The average Bonchev–Trinajstić information content (AvgIpc) is 3.41. The number of pyridine rings is 1. The van der Waals surface area contributed by atoms with E-state index in [0.717, 1.165) is 30.2 Å². The number of nitrogens with one attached hydrogen (secondary N) is 1. The maximum Gasteiger partial charge on any atom is 0.490 e. The molecule has 0 amide bonds. The third-order valence-corrected chi connectivity index (χ3v) is 10.1. The first-order chi connectivity index (χ1) is 19.2. The number of aliphatic carboxylic acids is 1. The number of likely N-dealkylation sites (tertiary alicyclic amines) is 1. The van der Waals surface area contributed by atoms with Crippen LogP contribution >= 0.6 is 11.3 Å². The number of carboxylic acids is 1. The fraction of sp³-hybridized carbons (Fsp3) is 0.407.